The standard InChI is InChI=1S/C16H14O3/c1-10-4-2-3-5-12(10)13-9-16(18)19-15-7-6-11(17)8-14(13)15/h2-8,13,17H,9H2,1H3/t13-/m0/s1. The molecule has 0 unspecified atom stereocenters. The van der Waals surface area contributed by atoms with Crippen molar-refractivity contribution < 1.29 is 14.6 Å². The van der Waals surface area contributed by atoms with E-state index >= 15 is 0 Å². The van der Waals surface area contributed by atoms with Gasteiger partial charge in [-0.1, -0.05) is 24.3 Å². The third-order valence-corrected chi connectivity index (χ3v) is 3.53. The molecule has 0 bridgehead atoms. The van der Waals surface area contributed by atoms with E-state index in [1.54, 1.807) is 12.1 Å². The SMILES string of the molecule is Cc1ccccc1[C@@H]1CC(=O)Oc2ccc(O)cc21. The fourth-order valence-corrected chi connectivity index (χ4v) is 2.60. The summed E-state index contributed by atoms with van der Waals surface area (Å²) in [7, 11) is 0. The Kier molecular flexibility index (Phi) is 2.75. The normalized spacial score (nSPS) is 17.7. The lowest BCUT2D eigenvalue weighted by atomic mass is 9.84. The van der Waals surface area contributed by atoms with Gasteiger partial charge in [-0.3, -0.25) is 4.79 Å². The van der Waals surface area contributed by atoms with Gasteiger partial charge in [0.25, 0.3) is 0 Å². The first-order chi connectivity index (χ1) is 9.15. The van der Waals surface area contributed by atoms with Gasteiger partial charge >= 0.3 is 5.97 Å². The van der Waals surface area contributed by atoms with Crippen LogP contribution in [0.5, 0.6) is 11.5 Å². The lowest BCUT2D eigenvalue weighted by Gasteiger charge is -2.26. The highest BCUT2D eigenvalue weighted by molar-refractivity contribution is 5.78. The quantitative estimate of drug-likeness (QED) is 0.628. The zero-order valence-corrected chi connectivity index (χ0v) is 10.6. The van der Waals surface area contributed by atoms with Gasteiger partial charge < -0.3 is 9.84 Å². The van der Waals surface area contributed by atoms with Crippen molar-refractivity contribution in [3.8, 4) is 11.5 Å². The van der Waals surface area contributed by atoms with Crippen molar-refractivity contribution in [3.05, 3.63) is 59.2 Å². The molecule has 3 heteroatoms. The van der Waals surface area contributed by atoms with Gasteiger partial charge in [0.1, 0.15) is 11.5 Å². The van der Waals surface area contributed by atoms with Crippen LogP contribution in [0.25, 0.3) is 0 Å². The summed E-state index contributed by atoms with van der Waals surface area (Å²) in [5.74, 6) is 0.452. The molecule has 3 nitrogen and oxygen atoms in total. The second-order valence-corrected chi connectivity index (χ2v) is 4.81. The number of rotatable bonds is 1. The van der Waals surface area contributed by atoms with Crippen LogP contribution in [0.3, 0.4) is 0 Å². The molecule has 1 heterocycles. The maximum absolute atomic E-state index is 11.7. The fraction of sp³-hybridized carbons (Fsp3) is 0.188. The summed E-state index contributed by atoms with van der Waals surface area (Å²) in [4.78, 5) is 11.7. The van der Waals surface area contributed by atoms with Crippen LogP contribution in [0.1, 0.15) is 29.0 Å². The lowest BCUT2D eigenvalue weighted by molar-refractivity contribution is -0.135. The zero-order chi connectivity index (χ0) is 13.4. The van der Waals surface area contributed by atoms with Crippen molar-refractivity contribution in [2.75, 3.05) is 0 Å². The van der Waals surface area contributed by atoms with Crippen LogP contribution in [-0.2, 0) is 4.79 Å². The molecule has 2 aromatic carbocycles. The average Bonchev–Trinajstić information content (AvgIpc) is 2.39. The Labute approximate surface area is 111 Å². The molecule has 1 atom stereocenters. The molecule has 0 amide bonds. The molecule has 0 saturated heterocycles. The average molecular weight is 254 g/mol. The molecule has 19 heavy (non-hydrogen) atoms. The van der Waals surface area contributed by atoms with Gasteiger partial charge in [-0.15, -0.1) is 0 Å². The Bertz CT molecular complexity index is 646. The Morgan fingerprint density at radius 1 is 1.16 bits per heavy atom. The highest BCUT2D eigenvalue weighted by atomic mass is 16.5. The predicted molar refractivity (Wildman–Crippen MR) is 71.4 cm³/mol. The van der Waals surface area contributed by atoms with E-state index in [0.717, 1.165) is 16.7 Å². The minimum atomic E-state index is -0.230. The van der Waals surface area contributed by atoms with E-state index in [0.29, 0.717) is 12.2 Å². The summed E-state index contributed by atoms with van der Waals surface area (Å²) < 4.78 is 5.23. The largest absolute Gasteiger partial charge is 0.508 e. The summed E-state index contributed by atoms with van der Waals surface area (Å²) in [6, 6.07) is 12.8. The number of carbonyl (C=O) groups excluding carboxylic acids is 1. The monoisotopic (exact) mass is 254 g/mol. The summed E-state index contributed by atoms with van der Waals surface area (Å²) in [6.45, 7) is 2.03. The summed E-state index contributed by atoms with van der Waals surface area (Å²) >= 11 is 0. The molecule has 1 aliphatic heterocycles. The number of hydrogen-bond acceptors (Lipinski definition) is 3. The number of ether oxygens (including phenoxy) is 1. The van der Waals surface area contributed by atoms with Gasteiger partial charge in [0, 0.05) is 11.5 Å². The topological polar surface area (TPSA) is 46.5 Å². The van der Waals surface area contributed by atoms with E-state index < -0.39 is 0 Å². The molecule has 3 rings (SSSR count). The van der Waals surface area contributed by atoms with Gasteiger partial charge in [-0.25, -0.2) is 0 Å². The first kappa shape index (κ1) is 11.8. The lowest BCUT2D eigenvalue weighted by Crippen LogP contribution is -2.21. The van der Waals surface area contributed by atoms with Crippen molar-refractivity contribution in [1.82, 2.24) is 0 Å². The van der Waals surface area contributed by atoms with Crippen molar-refractivity contribution in [2.45, 2.75) is 19.3 Å². The van der Waals surface area contributed by atoms with E-state index in [9.17, 15) is 9.90 Å². The molecule has 0 aromatic heterocycles. The molecule has 96 valence electrons. The third kappa shape index (κ3) is 2.08. The smallest absolute Gasteiger partial charge is 0.312 e. The highest BCUT2D eigenvalue weighted by Gasteiger charge is 2.29. The molecule has 0 aliphatic carbocycles. The van der Waals surface area contributed by atoms with Crippen molar-refractivity contribution in [3.63, 3.8) is 0 Å². The Balaban J connectivity index is 2.16. The number of phenols is 1. The second kappa shape index (κ2) is 4.43. The number of carbonyl (C=O) groups is 1. The summed E-state index contributed by atoms with van der Waals surface area (Å²) in [6.07, 6.45) is 0.307. The van der Waals surface area contributed by atoms with Gasteiger partial charge in [0.2, 0.25) is 0 Å². The van der Waals surface area contributed by atoms with E-state index in [-0.39, 0.29) is 17.6 Å². The fourth-order valence-electron chi connectivity index (χ4n) is 2.60. The molecule has 0 radical (unpaired) electrons. The maximum atomic E-state index is 11.7. The zero-order valence-electron chi connectivity index (χ0n) is 10.6. The van der Waals surface area contributed by atoms with E-state index in [1.807, 2.05) is 31.2 Å². The molecule has 1 N–H and O–H groups in total. The van der Waals surface area contributed by atoms with Crippen LogP contribution < -0.4 is 4.74 Å². The first-order valence-electron chi connectivity index (χ1n) is 6.24. The molecule has 1 aliphatic rings. The predicted octanol–water partition coefficient (Wildman–Crippen LogP) is 3.14. The van der Waals surface area contributed by atoms with Crippen LogP contribution in [0.15, 0.2) is 42.5 Å². The number of aromatic hydroxyl groups is 1. The molecule has 0 fully saturated rings. The molecular formula is C16H14O3. The van der Waals surface area contributed by atoms with Crippen LogP contribution in [0, 0.1) is 6.92 Å². The summed E-state index contributed by atoms with van der Waals surface area (Å²) in [5.41, 5.74) is 3.11. The van der Waals surface area contributed by atoms with Crippen molar-refractivity contribution >= 4 is 5.97 Å². The molecule has 2 aromatic rings. The van der Waals surface area contributed by atoms with Crippen LogP contribution >= 0.6 is 0 Å². The van der Waals surface area contributed by atoms with Crippen LogP contribution in [-0.4, -0.2) is 11.1 Å². The minimum absolute atomic E-state index is 0.0513. The Hall–Kier alpha value is -2.29. The van der Waals surface area contributed by atoms with Gasteiger partial charge in [0.15, 0.2) is 0 Å². The molecule has 0 saturated carbocycles. The number of aryl methyl sites for hydroxylation is 1. The number of fused-ring (bicyclic) bond motifs is 1. The van der Waals surface area contributed by atoms with Gasteiger partial charge in [-0.2, -0.15) is 0 Å². The minimum Gasteiger partial charge on any atom is -0.508 e. The van der Waals surface area contributed by atoms with Crippen LogP contribution in [0.2, 0.25) is 0 Å². The summed E-state index contributed by atoms with van der Waals surface area (Å²) in [5, 5.41) is 9.65. The Morgan fingerprint density at radius 3 is 2.74 bits per heavy atom. The molecular weight excluding hydrogens is 240 g/mol. The van der Waals surface area contributed by atoms with Crippen molar-refractivity contribution in [1.29, 1.82) is 0 Å². The van der Waals surface area contributed by atoms with E-state index in [2.05, 4.69) is 0 Å². The van der Waals surface area contributed by atoms with Gasteiger partial charge in [-0.05, 0) is 36.2 Å². The number of phenolic OH excluding ortho intramolecular Hbond substituents is 1. The second-order valence-electron chi connectivity index (χ2n) is 4.81. The number of benzene rings is 2. The number of hydrogen-bond donors (Lipinski definition) is 1. The first-order valence-corrected chi connectivity index (χ1v) is 6.24. The third-order valence-electron chi connectivity index (χ3n) is 3.53. The van der Waals surface area contributed by atoms with E-state index in [1.165, 1.54) is 6.07 Å². The van der Waals surface area contributed by atoms with E-state index in [4.69, 9.17) is 4.74 Å². The maximum Gasteiger partial charge on any atom is 0.312 e. The van der Waals surface area contributed by atoms with Gasteiger partial charge in [0.05, 0.1) is 6.42 Å². The number of esters is 1. The highest BCUT2D eigenvalue weighted by Crippen LogP contribution is 2.41. The Morgan fingerprint density at radius 2 is 1.95 bits per heavy atom. The van der Waals surface area contributed by atoms with Crippen molar-refractivity contribution in [2.24, 2.45) is 0 Å². The van der Waals surface area contributed by atoms with Crippen LogP contribution in [0.4, 0.5) is 0 Å². The molecule has 0 spiro atoms.